The van der Waals surface area contributed by atoms with Gasteiger partial charge in [0.1, 0.15) is 0 Å². The highest BCUT2D eigenvalue weighted by atomic mass is 35.5. The van der Waals surface area contributed by atoms with Gasteiger partial charge in [0, 0.05) is 43.5 Å². The Morgan fingerprint density at radius 1 is 1.04 bits per heavy atom. The van der Waals surface area contributed by atoms with Crippen molar-refractivity contribution in [1.29, 1.82) is 0 Å². The van der Waals surface area contributed by atoms with Crippen LogP contribution in [0.15, 0.2) is 41.3 Å². The van der Waals surface area contributed by atoms with E-state index in [-0.39, 0.29) is 10.8 Å². The van der Waals surface area contributed by atoms with E-state index >= 15 is 0 Å². The van der Waals surface area contributed by atoms with Crippen LogP contribution in [-0.2, 0) is 14.8 Å². The molecule has 1 fully saturated rings. The highest BCUT2D eigenvalue weighted by molar-refractivity contribution is 7.89. The van der Waals surface area contributed by atoms with E-state index in [1.165, 1.54) is 11.2 Å². The van der Waals surface area contributed by atoms with Crippen LogP contribution in [0.3, 0.4) is 0 Å². The van der Waals surface area contributed by atoms with Crippen LogP contribution < -0.4 is 0 Å². The van der Waals surface area contributed by atoms with Crippen molar-refractivity contribution in [3.05, 3.63) is 41.4 Å². The Morgan fingerprint density at radius 3 is 2.46 bits per heavy atom. The largest absolute Gasteiger partial charge is 0.342 e. The minimum atomic E-state index is -3.67. The number of halogens is 1. The maximum Gasteiger partial charge on any atom is 0.243 e. The zero-order valence-corrected chi connectivity index (χ0v) is 15.0. The van der Waals surface area contributed by atoms with Crippen LogP contribution in [0.25, 0.3) is 10.8 Å². The number of carbonyl (C=O) groups is 1. The summed E-state index contributed by atoms with van der Waals surface area (Å²) in [4.78, 5) is 13.4. The van der Waals surface area contributed by atoms with Crippen molar-refractivity contribution in [2.45, 2.75) is 18.2 Å². The Kier molecular flexibility index (Phi) is 4.80. The zero-order chi connectivity index (χ0) is 17.3. The number of hydrogen-bond donors (Lipinski definition) is 0. The van der Waals surface area contributed by atoms with Gasteiger partial charge in [0.15, 0.2) is 0 Å². The van der Waals surface area contributed by atoms with Gasteiger partial charge in [-0.1, -0.05) is 35.9 Å². The second-order valence-electron chi connectivity index (χ2n) is 5.86. The minimum absolute atomic E-state index is 0.0255. The molecule has 0 spiro atoms. The van der Waals surface area contributed by atoms with Crippen LogP contribution in [-0.4, -0.2) is 49.7 Å². The van der Waals surface area contributed by atoms with E-state index in [9.17, 15) is 13.2 Å². The smallest absolute Gasteiger partial charge is 0.243 e. The topological polar surface area (TPSA) is 57.7 Å². The molecule has 7 heteroatoms. The molecule has 5 nitrogen and oxygen atoms in total. The average molecular weight is 367 g/mol. The minimum Gasteiger partial charge on any atom is -0.342 e. The van der Waals surface area contributed by atoms with Gasteiger partial charge in [0.2, 0.25) is 15.9 Å². The summed E-state index contributed by atoms with van der Waals surface area (Å²) in [6, 6.07) is 10.5. The van der Waals surface area contributed by atoms with E-state index < -0.39 is 10.0 Å². The molecule has 0 N–H and O–H groups in total. The third kappa shape index (κ3) is 3.14. The molecular formula is C17H19ClN2O3S. The molecule has 0 atom stereocenters. The molecule has 1 saturated heterocycles. The summed E-state index contributed by atoms with van der Waals surface area (Å²) >= 11 is 6.27. The van der Waals surface area contributed by atoms with Crippen molar-refractivity contribution in [3.8, 4) is 0 Å². The summed E-state index contributed by atoms with van der Waals surface area (Å²) in [5.74, 6) is -0.0255. The van der Waals surface area contributed by atoms with Gasteiger partial charge in [-0.25, -0.2) is 8.42 Å². The van der Waals surface area contributed by atoms with E-state index in [2.05, 4.69) is 0 Å². The number of carbonyl (C=O) groups excluding carboxylic acids is 1. The van der Waals surface area contributed by atoms with E-state index in [1.807, 2.05) is 12.1 Å². The van der Waals surface area contributed by atoms with Crippen molar-refractivity contribution < 1.29 is 13.2 Å². The number of hydrogen-bond acceptors (Lipinski definition) is 3. The number of fused-ring (bicyclic) bond motifs is 1. The predicted molar refractivity (Wildman–Crippen MR) is 94.6 cm³/mol. The first-order valence-electron chi connectivity index (χ1n) is 7.84. The van der Waals surface area contributed by atoms with E-state index in [1.54, 1.807) is 29.2 Å². The molecule has 0 bridgehead atoms. The van der Waals surface area contributed by atoms with Crippen LogP contribution in [0, 0.1) is 0 Å². The summed E-state index contributed by atoms with van der Waals surface area (Å²) in [7, 11) is -3.67. The quantitative estimate of drug-likeness (QED) is 0.821. The van der Waals surface area contributed by atoms with Crippen LogP contribution in [0.2, 0.25) is 5.02 Å². The third-order valence-corrected chi connectivity index (χ3v) is 6.59. The lowest BCUT2D eigenvalue weighted by Crippen LogP contribution is -2.36. The fourth-order valence-electron chi connectivity index (χ4n) is 3.07. The van der Waals surface area contributed by atoms with E-state index in [0.29, 0.717) is 43.0 Å². The maximum atomic E-state index is 13.1. The van der Waals surface area contributed by atoms with Gasteiger partial charge in [0.05, 0.1) is 4.90 Å². The lowest BCUT2D eigenvalue weighted by molar-refractivity contribution is -0.128. The van der Waals surface area contributed by atoms with Crippen molar-refractivity contribution in [2.75, 3.05) is 26.2 Å². The number of amides is 1. The van der Waals surface area contributed by atoms with Crippen molar-refractivity contribution in [1.82, 2.24) is 9.21 Å². The molecule has 128 valence electrons. The molecule has 24 heavy (non-hydrogen) atoms. The SMILES string of the molecule is CC(=O)N1CCCN(S(=O)(=O)c2cccc3cccc(Cl)c23)CC1. The van der Waals surface area contributed by atoms with Gasteiger partial charge < -0.3 is 4.90 Å². The van der Waals surface area contributed by atoms with Crippen molar-refractivity contribution in [2.24, 2.45) is 0 Å². The van der Waals surface area contributed by atoms with Gasteiger partial charge in [-0.2, -0.15) is 4.31 Å². The predicted octanol–water partition coefficient (Wildman–Crippen LogP) is 2.74. The van der Waals surface area contributed by atoms with Crippen LogP contribution >= 0.6 is 11.6 Å². The highest BCUT2D eigenvalue weighted by Crippen LogP contribution is 2.31. The molecule has 0 unspecified atom stereocenters. The summed E-state index contributed by atoms with van der Waals surface area (Å²) in [6.45, 7) is 3.19. The highest BCUT2D eigenvalue weighted by Gasteiger charge is 2.29. The molecular weight excluding hydrogens is 348 g/mol. The zero-order valence-electron chi connectivity index (χ0n) is 13.4. The number of rotatable bonds is 2. The third-order valence-electron chi connectivity index (χ3n) is 4.33. The normalized spacial score (nSPS) is 17.0. The second-order valence-corrected chi connectivity index (χ2v) is 8.17. The molecule has 0 radical (unpaired) electrons. The second kappa shape index (κ2) is 6.70. The number of nitrogens with zero attached hydrogens (tertiary/aromatic N) is 2. The molecule has 2 aromatic rings. The van der Waals surface area contributed by atoms with Crippen LogP contribution in [0.4, 0.5) is 0 Å². The molecule has 1 heterocycles. The first-order valence-corrected chi connectivity index (χ1v) is 9.66. The molecule has 3 rings (SSSR count). The Bertz CT molecular complexity index is 877. The summed E-state index contributed by atoms with van der Waals surface area (Å²) in [5.41, 5.74) is 0. The van der Waals surface area contributed by atoms with Crippen LogP contribution in [0.5, 0.6) is 0 Å². The molecule has 0 aliphatic carbocycles. The monoisotopic (exact) mass is 366 g/mol. The molecule has 0 aromatic heterocycles. The Hall–Kier alpha value is -1.63. The Morgan fingerprint density at radius 2 is 1.75 bits per heavy atom. The summed E-state index contributed by atoms with van der Waals surface area (Å²) < 4.78 is 27.7. The average Bonchev–Trinajstić information content (AvgIpc) is 2.81. The van der Waals surface area contributed by atoms with Crippen molar-refractivity contribution >= 4 is 38.3 Å². The Labute approximate surface area is 146 Å². The molecule has 0 saturated carbocycles. The first kappa shape index (κ1) is 17.2. The van der Waals surface area contributed by atoms with Crippen molar-refractivity contribution in [3.63, 3.8) is 0 Å². The van der Waals surface area contributed by atoms with Gasteiger partial charge >= 0.3 is 0 Å². The van der Waals surface area contributed by atoms with E-state index in [4.69, 9.17) is 11.6 Å². The van der Waals surface area contributed by atoms with Crippen LogP contribution in [0.1, 0.15) is 13.3 Å². The lowest BCUT2D eigenvalue weighted by Gasteiger charge is -2.22. The molecule has 1 aliphatic rings. The number of sulfonamides is 1. The summed E-state index contributed by atoms with van der Waals surface area (Å²) in [5, 5.41) is 1.77. The fourth-order valence-corrected chi connectivity index (χ4v) is 5.11. The maximum absolute atomic E-state index is 13.1. The van der Waals surface area contributed by atoms with Gasteiger partial charge in [-0.15, -0.1) is 0 Å². The molecule has 2 aromatic carbocycles. The first-order chi connectivity index (χ1) is 11.4. The number of benzene rings is 2. The Balaban J connectivity index is 2.01. The summed E-state index contributed by atoms with van der Waals surface area (Å²) in [6.07, 6.45) is 0.622. The van der Waals surface area contributed by atoms with Gasteiger partial charge in [-0.3, -0.25) is 4.79 Å². The molecule has 1 aliphatic heterocycles. The van der Waals surface area contributed by atoms with Gasteiger partial charge in [0.25, 0.3) is 0 Å². The molecule has 1 amide bonds. The lowest BCUT2D eigenvalue weighted by atomic mass is 10.1. The van der Waals surface area contributed by atoms with E-state index in [0.717, 1.165) is 5.39 Å². The standard InChI is InChI=1S/C17H19ClN2O3S/c1-13(21)19-9-4-10-20(12-11-19)24(22,23)16-8-3-6-14-5-2-7-15(18)17(14)16/h2-3,5-8H,4,9-12H2,1H3. The van der Waals surface area contributed by atoms with Gasteiger partial charge in [-0.05, 0) is 23.9 Å². The fraction of sp³-hybridized carbons (Fsp3) is 0.353.